The summed E-state index contributed by atoms with van der Waals surface area (Å²) in [7, 11) is 0. The molecule has 0 aliphatic carbocycles. The second-order valence-corrected chi connectivity index (χ2v) is 4.46. The normalized spacial score (nSPS) is 17.7. The second-order valence-electron chi connectivity index (χ2n) is 4.46. The van der Waals surface area contributed by atoms with E-state index in [1.807, 2.05) is 0 Å². The van der Waals surface area contributed by atoms with Crippen molar-refractivity contribution < 1.29 is 19.0 Å². The zero-order chi connectivity index (χ0) is 13.4. The topological polar surface area (TPSA) is 46.5 Å². The molecule has 4 heteroatoms. The monoisotopic (exact) mass is 258 g/mol. The van der Waals surface area contributed by atoms with Crippen molar-refractivity contribution in [3.05, 3.63) is 59.4 Å². The maximum Gasteiger partial charge on any atom is 0.177 e. The van der Waals surface area contributed by atoms with Gasteiger partial charge in [-0.15, -0.1) is 0 Å². The van der Waals surface area contributed by atoms with Crippen LogP contribution in [0.3, 0.4) is 0 Å². The number of hydrogen-bond donors (Lipinski definition) is 1. The van der Waals surface area contributed by atoms with E-state index in [1.54, 1.807) is 12.1 Å². The fourth-order valence-corrected chi connectivity index (χ4v) is 2.24. The van der Waals surface area contributed by atoms with Gasteiger partial charge in [0.1, 0.15) is 23.9 Å². The highest BCUT2D eigenvalue weighted by molar-refractivity contribution is 6.04. The molecule has 0 aromatic heterocycles. The molecule has 3 rings (SSSR count). The van der Waals surface area contributed by atoms with Crippen LogP contribution in [0.15, 0.2) is 42.5 Å². The molecule has 2 aromatic carbocycles. The Bertz CT molecular complexity index is 652. The quantitative estimate of drug-likeness (QED) is 0.855. The molecule has 1 aliphatic heterocycles. The minimum atomic E-state index is -0.507. The van der Waals surface area contributed by atoms with Crippen LogP contribution in [-0.4, -0.2) is 17.5 Å². The summed E-state index contributed by atoms with van der Waals surface area (Å²) in [6.07, 6.45) is 0. The van der Waals surface area contributed by atoms with Gasteiger partial charge in [0.25, 0.3) is 0 Å². The van der Waals surface area contributed by atoms with Gasteiger partial charge in [-0.3, -0.25) is 4.79 Å². The molecule has 0 saturated heterocycles. The Morgan fingerprint density at radius 2 is 2.05 bits per heavy atom. The Hall–Kier alpha value is -2.36. The zero-order valence-electron chi connectivity index (χ0n) is 9.97. The van der Waals surface area contributed by atoms with Crippen molar-refractivity contribution in [2.24, 2.45) is 0 Å². The van der Waals surface area contributed by atoms with Crippen LogP contribution in [0, 0.1) is 5.82 Å². The van der Waals surface area contributed by atoms with Gasteiger partial charge in [0.05, 0.1) is 11.5 Å². The van der Waals surface area contributed by atoms with Gasteiger partial charge in [0, 0.05) is 6.07 Å². The number of benzene rings is 2. The lowest BCUT2D eigenvalue weighted by molar-refractivity contribution is 0.0896. The van der Waals surface area contributed by atoms with Gasteiger partial charge in [-0.2, -0.15) is 0 Å². The zero-order valence-corrected chi connectivity index (χ0v) is 9.97. The average Bonchev–Trinajstić information content (AvgIpc) is 2.39. The SMILES string of the molecule is O=C1c2ccc(O)cc2OCC1c1cccc(F)c1. The molecule has 1 heterocycles. The van der Waals surface area contributed by atoms with Gasteiger partial charge in [-0.05, 0) is 29.8 Å². The molecule has 0 bridgehead atoms. The number of hydrogen-bond acceptors (Lipinski definition) is 3. The van der Waals surface area contributed by atoms with Crippen molar-refractivity contribution in [1.29, 1.82) is 0 Å². The van der Waals surface area contributed by atoms with Gasteiger partial charge < -0.3 is 9.84 Å². The summed E-state index contributed by atoms with van der Waals surface area (Å²) < 4.78 is 18.7. The Kier molecular flexibility index (Phi) is 2.71. The first-order chi connectivity index (χ1) is 9.15. The summed E-state index contributed by atoms with van der Waals surface area (Å²) in [5, 5.41) is 9.35. The molecular formula is C15H11FO3. The Balaban J connectivity index is 2.00. The first kappa shape index (κ1) is 11.7. The number of phenolic OH excluding ortho intramolecular Hbond substituents is 1. The molecule has 0 radical (unpaired) electrons. The first-order valence-electron chi connectivity index (χ1n) is 5.90. The lowest BCUT2D eigenvalue weighted by Crippen LogP contribution is -2.26. The summed E-state index contributed by atoms with van der Waals surface area (Å²) in [6, 6.07) is 10.3. The highest BCUT2D eigenvalue weighted by atomic mass is 19.1. The number of ether oxygens (including phenoxy) is 1. The lowest BCUT2D eigenvalue weighted by atomic mass is 9.89. The van der Waals surface area contributed by atoms with Gasteiger partial charge in [-0.25, -0.2) is 4.39 Å². The van der Waals surface area contributed by atoms with E-state index < -0.39 is 5.92 Å². The highest BCUT2D eigenvalue weighted by Gasteiger charge is 2.30. The third kappa shape index (κ3) is 2.05. The van der Waals surface area contributed by atoms with E-state index in [-0.39, 0.29) is 24.0 Å². The molecule has 1 unspecified atom stereocenters. The highest BCUT2D eigenvalue weighted by Crippen LogP contribution is 2.34. The largest absolute Gasteiger partial charge is 0.508 e. The van der Waals surface area contributed by atoms with Crippen LogP contribution >= 0.6 is 0 Å². The fraction of sp³-hybridized carbons (Fsp3) is 0.133. The molecule has 0 saturated carbocycles. The van der Waals surface area contributed by atoms with Crippen LogP contribution in [0.5, 0.6) is 11.5 Å². The van der Waals surface area contributed by atoms with Crippen LogP contribution in [-0.2, 0) is 0 Å². The summed E-state index contributed by atoms with van der Waals surface area (Å²) in [4.78, 5) is 12.4. The Morgan fingerprint density at radius 1 is 1.21 bits per heavy atom. The van der Waals surface area contributed by atoms with E-state index in [9.17, 15) is 14.3 Å². The molecule has 2 aromatic rings. The third-order valence-corrected chi connectivity index (χ3v) is 3.20. The van der Waals surface area contributed by atoms with E-state index in [2.05, 4.69) is 0 Å². The van der Waals surface area contributed by atoms with Gasteiger partial charge in [0.15, 0.2) is 5.78 Å². The lowest BCUT2D eigenvalue weighted by Gasteiger charge is -2.24. The fourth-order valence-electron chi connectivity index (χ4n) is 2.24. The van der Waals surface area contributed by atoms with Crippen molar-refractivity contribution in [2.75, 3.05) is 6.61 Å². The van der Waals surface area contributed by atoms with Crippen LogP contribution in [0.1, 0.15) is 21.8 Å². The van der Waals surface area contributed by atoms with E-state index in [4.69, 9.17) is 4.74 Å². The molecule has 0 spiro atoms. The van der Waals surface area contributed by atoms with Crippen molar-refractivity contribution >= 4 is 5.78 Å². The minimum Gasteiger partial charge on any atom is -0.508 e. The van der Waals surface area contributed by atoms with Crippen LogP contribution < -0.4 is 4.74 Å². The molecule has 1 aliphatic rings. The number of phenols is 1. The number of carbonyl (C=O) groups is 1. The second kappa shape index (κ2) is 4.39. The molecule has 3 nitrogen and oxygen atoms in total. The van der Waals surface area contributed by atoms with Crippen LogP contribution in [0.4, 0.5) is 4.39 Å². The van der Waals surface area contributed by atoms with Gasteiger partial charge in [0.2, 0.25) is 0 Å². The average molecular weight is 258 g/mol. The van der Waals surface area contributed by atoms with E-state index >= 15 is 0 Å². The predicted molar refractivity (Wildman–Crippen MR) is 67.1 cm³/mol. The summed E-state index contributed by atoms with van der Waals surface area (Å²) in [5.74, 6) is -0.574. The Morgan fingerprint density at radius 3 is 2.84 bits per heavy atom. The van der Waals surface area contributed by atoms with E-state index in [0.717, 1.165) is 0 Å². The third-order valence-electron chi connectivity index (χ3n) is 3.20. The number of halogens is 1. The number of fused-ring (bicyclic) bond motifs is 1. The van der Waals surface area contributed by atoms with Gasteiger partial charge >= 0.3 is 0 Å². The van der Waals surface area contributed by atoms with Gasteiger partial charge in [-0.1, -0.05) is 12.1 Å². The number of rotatable bonds is 1. The maximum absolute atomic E-state index is 13.2. The smallest absolute Gasteiger partial charge is 0.177 e. The van der Waals surface area contributed by atoms with Crippen molar-refractivity contribution in [2.45, 2.75) is 5.92 Å². The number of aromatic hydroxyl groups is 1. The molecular weight excluding hydrogens is 247 g/mol. The van der Waals surface area contributed by atoms with E-state index in [0.29, 0.717) is 16.9 Å². The summed E-state index contributed by atoms with van der Waals surface area (Å²) >= 11 is 0. The Labute approximate surface area is 109 Å². The maximum atomic E-state index is 13.2. The van der Waals surface area contributed by atoms with Crippen molar-refractivity contribution in [1.82, 2.24) is 0 Å². The van der Waals surface area contributed by atoms with Crippen LogP contribution in [0.25, 0.3) is 0 Å². The van der Waals surface area contributed by atoms with Crippen molar-refractivity contribution in [3.63, 3.8) is 0 Å². The molecule has 1 N–H and O–H groups in total. The predicted octanol–water partition coefficient (Wildman–Crippen LogP) is 2.89. The summed E-state index contributed by atoms with van der Waals surface area (Å²) in [5.41, 5.74) is 1.02. The number of Topliss-reactive ketones (excluding diaryl/α,β-unsaturated/α-hetero) is 1. The standard InChI is InChI=1S/C15H11FO3/c16-10-3-1-2-9(6-10)13-8-19-14-7-11(17)4-5-12(14)15(13)18/h1-7,13,17H,8H2. The number of carbonyl (C=O) groups excluding carboxylic acids is 1. The first-order valence-corrected chi connectivity index (χ1v) is 5.90. The number of ketones is 1. The van der Waals surface area contributed by atoms with Crippen molar-refractivity contribution in [3.8, 4) is 11.5 Å². The van der Waals surface area contributed by atoms with Crippen LogP contribution in [0.2, 0.25) is 0 Å². The molecule has 1 atom stereocenters. The molecule has 0 amide bonds. The minimum absolute atomic E-state index is 0.0516. The summed E-state index contributed by atoms with van der Waals surface area (Å²) in [6.45, 7) is 0.152. The molecule has 96 valence electrons. The molecule has 19 heavy (non-hydrogen) atoms. The van der Waals surface area contributed by atoms with E-state index in [1.165, 1.54) is 30.3 Å². The molecule has 0 fully saturated rings.